The summed E-state index contributed by atoms with van der Waals surface area (Å²) >= 11 is 5.95. The van der Waals surface area contributed by atoms with Crippen LogP contribution >= 0.6 is 11.6 Å². The number of nitrogens with one attached hydrogen (secondary N) is 1. The fraction of sp³-hybridized carbons (Fsp3) is 0.278. The van der Waals surface area contributed by atoms with E-state index in [1.54, 1.807) is 37.0 Å². The summed E-state index contributed by atoms with van der Waals surface area (Å²) in [5, 5.41) is 0.541. The van der Waals surface area contributed by atoms with Crippen molar-refractivity contribution in [2.75, 3.05) is 21.3 Å². The van der Waals surface area contributed by atoms with E-state index in [9.17, 15) is 4.79 Å². The minimum Gasteiger partial charge on any atom is -0.493 e. The van der Waals surface area contributed by atoms with Gasteiger partial charge < -0.3 is 18.8 Å². The van der Waals surface area contributed by atoms with E-state index in [1.165, 1.54) is 0 Å². The molecule has 0 aliphatic heterocycles. The van der Waals surface area contributed by atoms with Crippen molar-refractivity contribution < 1.29 is 18.8 Å². The van der Waals surface area contributed by atoms with Crippen LogP contribution in [0.3, 0.4) is 0 Å². The minimum atomic E-state index is -0.385. The Morgan fingerprint density at radius 2 is 1.88 bits per heavy atom. The molecule has 132 valence electrons. The molecule has 1 aromatic heterocycles. The number of fused-ring (bicyclic) bond motifs is 1. The number of nitrogens with zero attached hydrogens (tertiary/aromatic N) is 1. The van der Waals surface area contributed by atoms with Crippen molar-refractivity contribution in [2.24, 2.45) is 0 Å². The lowest BCUT2D eigenvalue weighted by Crippen LogP contribution is -3.07. The second kappa shape index (κ2) is 7.21. The maximum atomic E-state index is 12.1. The normalized spacial score (nSPS) is 12.3. The van der Waals surface area contributed by atoms with Gasteiger partial charge in [-0.25, -0.2) is 9.36 Å². The van der Waals surface area contributed by atoms with Crippen molar-refractivity contribution in [1.29, 1.82) is 0 Å². The molecule has 0 radical (unpaired) electrons. The summed E-state index contributed by atoms with van der Waals surface area (Å²) < 4.78 is 17.5. The van der Waals surface area contributed by atoms with Gasteiger partial charge in [0.2, 0.25) is 0 Å². The highest BCUT2D eigenvalue weighted by Gasteiger charge is 2.14. The van der Waals surface area contributed by atoms with Crippen LogP contribution < -0.4 is 20.1 Å². The van der Waals surface area contributed by atoms with Crippen LogP contribution in [0.25, 0.3) is 11.1 Å². The number of rotatable bonds is 6. The molecular weight excluding hydrogens is 344 g/mol. The molecule has 0 amide bonds. The van der Waals surface area contributed by atoms with Gasteiger partial charge >= 0.3 is 5.76 Å². The molecule has 2 aromatic carbocycles. The van der Waals surface area contributed by atoms with E-state index in [-0.39, 0.29) is 5.76 Å². The van der Waals surface area contributed by atoms with Crippen molar-refractivity contribution >= 4 is 22.7 Å². The number of hydrogen-bond donors (Lipinski definition) is 1. The lowest BCUT2D eigenvalue weighted by atomic mass is 10.2. The summed E-state index contributed by atoms with van der Waals surface area (Å²) in [6.45, 7) is 1.19. The number of oxazole rings is 1. The van der Waals surface area contributed by atoms with Gasteiger partial charge in [-0.1, -0.05) is 11.6 Å². The highest BCUT2D eigenvalue weighted by molar-refractivity contribution is 6.31. The molecule has 3 rings (SSSR count). The average Bonchev–Trinajstić information content (AvgIpc) is 2.89. The van der Waals surface area contributed by atoms with Gasteiger partial charge in [0.15, 0.2) is 23.8 Å². The molecule has 3 aromatic rings. The molecule has 0 saturated carbocycles. The molecule has 1 N–H and O–H groups in total. The largest absolute Gasteiger partial charge is 0.493 e. The highest BCUT2D eigenvalue weighted by Crippen LogP contribution is 2.27. The van der Waals surface area contributed by atoms with Crippen LogP contribution in [0.1, 0.15) is 5.56 Å². The van der Waals surface area contributed by atoms with E-state index >= 15 is 0 Å². The third-order valence-electron chi connectivity index (χ3n) is 4.01. The Morgan fingerprint density at radius 1 is 1.12 bits per heavy atom. The third kappa shape index (κ3) is 3.65. The van der Waals surface area contributed by atoms with E-state index < -0.39 is 0 Å². The molecular formula is C18H20ClN2O4+. The van der Waals surface area contributed by atoms with Gasteiger partial charge in [-0.05, 0) is 30.3 Å². The molecule has 0 aliphatic rings. The zero-order chi connectivity index (χ0) is 18.0. The Hall–Kier alpha value is -2.44. The Kier molecular flexibility index (Phi) is 5.01. The Morgan fingerprint density at radius 3 is 2.60 bits per heavy atom. The van der Waals surface area contributed by atoms with Crippen LogP contribution in [0.4, 0.5) is 0 Å². The number of hydrogen-bond acceptors (Lipinski definition) is 4. The van der Waals surface area contributed by atoms with Crippen LogP contribution in [0.2, 0.25) is 5.02 Å². The van der Waals surface area contributed by atoms with Gasteiger partial charge in [-0.2, -0.15) is 0 Å². The predicted molar refractivity (Wildman–Crippen MR) is 95.6 cm³/mol. The monoisotopic (exact) mass is 363 g/mol. The van der Waals surface area contributed by atoms with Crippen molar-refractivity contribution in [3.05, 3.63) is 57.5 Å². The number of aromatic nitrogens is 1. The molecule has 1 atom stereocenters. The van der Waals surface area contributed by atoms with Crippen LogP contribution in [0.15, 0.2) is 45.6 Å². The molecule has 0 saturated heterocycles. The summed E-state index contributed by atoms with van der Waals surface area (Å²) in [5.74, 6) is 0.995. The van der Waals surface area contributed by atoms with Crippen LogP contribution in [0, 0.1) is 0 Å². The van der Waals surface area contributed by atoms with Crippen molar-refractivity contribution in [2.45, 2.75) is 13.2 Å². The topological polar surface area (TPSA) is 58.0 Å². The second-order valence-electron chi connectivity index (χ2n) is 5.89. The van der Waals surface area contributed by atoms with E-state index in [2.05, 4.69) is 0 Å². The Bertz CT molecular complexity index is 948. The maximum Gasteiger partial charge on any atom is 0.424 e. The van der Waals surface area contributed by atoms with Gasteiger partial charge in [0, 0.05) is 16.7 Å². The summed E-state index contributed by atoms with van der Waals surface area (Å²) in [4.78, 5) is 13.2. The summed E-state index contributed by atoms with van der Waals surface area (Å²) in [6.07, 6.45) is 0. The first kappa shape index (κ1) is 17.4. The first-order valence-corrected chi connectivity index (χ1v) is 8.20. The zero-order valence-corrected chi connectivity index (χ0v) is 15.1. The zero-order valence-electron chi connectivity index (χ0n) is 14.3. The third-order valence-corrected chi connectivity index (χ3v) is 4.25. The van der Waals surface area contributed by atoms with E-state index in [1.807, 2.05) is 25.2 Å². The molecule has 7 heteroatoms. The summed E-state index contributed by atoms with van der Waals surface area (Å²) in [7, 11) is 5.23. The van der Waals surface area contributed by atoms with Gasteiger partial charge in [-0.3, -0.25) is 0 Å². The summed E-state index contributed by atoms with van der Waals surface area (Å²) in [5.41, 5.74) is 2.32. The van der Waals surface area contributed by atoms with Crippen LogP contribution in [-0.2, 0) is 13.2 Å². The standard InChI is InChI=1S/C18H19ClN2O4/c1-20(10-12-4-7-15(23-2)17(8-12)24-3)11-21-14-6-5-13(19)9-16(14)25-18(21)22/h4-9H,10-11H2,1-3H3/p+1. The molecule has 6 nitrogen and oxygen atoms in total. The molecule has 0 bridgehead atoms. The summed E-state index contributed by atoms with van der Waals surface area (Å²) in [6, 6.07) is 11.0. The van der Waals surface area contributed by atoms with E-state index in [0.717, 1.165) is 16.0 Å². The maximum absolute atomic E-state index is 12.1. The lowest BCUT2D eigenvalue weighted by Gasteiger charge is -2.15. The smallest absolute Gasteiger partial charge is 0.424 e. The number of ether oxygens (including phenoxy) is 2. The van der Waals surface area contributed by atoms with E-state index in [4.69, 9.17) is 25.5 Å². The molecule has 25 heavy (non-hydrogen) atoms. The molecule has 1 unspecified atom stereocenters. The molecule has 0 aliphatic carbocycles. The van der Waals surface area contributed by atoms with Gasteiger partial charge in [0.1, 0.15) is 6.54 Å². The van der Waals surface area contributed by atoms with Gasteiger partial charge in [0.25, 0.3) is 0 Å². The first-order valence-electron chi connectivity index (χ1n) is 7.83. The molecule has 0 fully saturated rings. The fourth-order valence-electron chi connectivity index (χ4n) is 2.85. The lowest BCUT2D eigenvalue weighted by molar-refractivity contribution is -0.916. The number of quaternary nitrogens is 1. The van der Waals surface area contributed by atoms with Crippen LogP contribution in [-0.4, -0.2) is 25.8 Å². The average molecular weight is 364 g/mol. The highest BCUT2D eigenvalue weighted by atomic mass is 35.5. The molecule has 1 heterocycles. The minimum absolute atomic E-state index is 0.385. The van der Waals surface area contributed by atoms with Gasteiger partial charge in [0.05, 0.1) is 26.8 Å². The fourth-order valence-corrected chi connectivity index (χ4v) is 3.02. The van der Waals surface area contributed by atoms with Crippen LogP contribution in [0.5, 0.6) is 11.5 Å². The Balaban J connectivity index is 1.80. The quantitative estimate of drug-likeness (QED) is 0.727. The van der Waals surface area contributed by atoms with Crippen molar-refractivity contribution in [3.8, 4) is 11.5 Å². The second-order valence-corrected chi connectivity index (χ2v) is 6.33. The number of benzene rings is 2. The first-order chi connectivity index (χ1) is 12.0. The van der Waals surface area contributed by atoms with E-state index in [0.29, 0.717) is 35.3 Å². The number of halogens is 1. The SMILES string of the molecule is COc1ccc(C[NH+](C)Cn2c(=O)oc3cc(Cl)ccc32)cc1OC. The number of methoxy groups -OCH3 is 2. The van der Waals surface area contributed by atoms with Gasteiger partial charge in [-0.15, -0.1) is 0 Å². The van der Waals surface area contributed by atoms with Crippen molar-refractivity contribution in [3.63, 3.8) is 0 Å². The molecule has 0 spiro atoms. The predicted octanol–water partition coefficient (Wildman–Crippen LogP) is 1.94. The van der Waals surface area contributed by atoms with Crippen molar-refractivity contribution in [1.82, 2.24) is 4.57 Å². The Labute approximate surface area is 150 Å².